The van der Waals surface area contributed by atoms with Gasteiger partial charge in [-0.05, 0) is 43.2 Å². The minimum atomic E-state index is -0.389. The number of nitrogens with one attached hydrogen (secondary N) is 1. The molecule has 0 aliphatic rings. The summed E-state index contributed by atoms with van der Waals surface area (Å²) in [5, 5.41) is 3.05. The Labute approximate surface area is 133 Å². The average molecular weight is 322 g/mol. The number of ether oxygens (including phenoxy) is 1. The molecule has 1 aromatic carbocycles. The summed E-state index contributed by atoms with van der Waals surface area (Å²) in [6.07, 6.45) is 2.08. The lowest BCUT2D eigenvalue weighted by Crippen LogP contribution is -2.24. The molecule has 2 aromatic rings. The van der Waals surface area contributed by atoms with Crippen LogP contribution in [0.15, 0.2) is 41.0 Å². The third-order valence-electron chi connectivity index (χ3n) is 2.90. The van der Waals surface area contributed by atoms with Crippen LogP contribution < -0.4 is 10.1 Å². The van der Waals surface area contributed by atoms with E-state index in [4.69, 9.17) is 20.8 Å². The van der Waals surface area contributed by atoms with E-state index in [1.165, 1.54) is 6.26 Å². The number of furan rings is 1. The standard InChI is InChI=1S/C16H16ClNO4/c1-11-6-7-12(17)14(10-11)22-15(19)5-2-8-18-16(20)13-4-3-9-21-13/h3-4,6-7,9-10H,2,5,8H2,1H3,(H,18,20). The Morgan fingerprint density at radius 1 is 1.32 bits per heavy atom. The lowest BCUT2D eigenvalue weighted by Gasteiger charge is -2.07. The van der Waals surface area contributed by atoms with Crippen LogP contribution in [0.1, 0.15) is 29.0 Å². The Balaban J connectivity index is 1.72. The first kappa shape index (κ1) is 16.1. The molecular formula is C16H16ClNO4. The first-order valence-electron chi connectivity index (χ1n) is 6.85. The van der Waals surface area contributed by atoms with Gasteiger partial charge in [-0.3, -0.25) is 9.59 Å². The zero-order valence-corrected chi connectivity index (χ0v) is 12.9. The van der Waals surface area contributed by atoms with Crippen LogP contribution in [0, 0.1) is 6.92 Å². The fraction of sp³-hybridized carbons (Fsp3) is 0.250. The molecule has 6 heteroatoms. The number of carbonyl (C=O) groups is 2. The summed E-state index contributed by atoms with van der Waals surface area (Å²) in [7, 11) is 0. The monoisotopic (exact) mass is 321 g/mol. The van der Waals surface area contributed by atoms with E-state index in [0.29, 0.717) is 23.7 Å². The largest absolute Gasteiger partial charge is 0.459 e. The molecule has 116 valence electrons. The van der Waals surface area contributed by atoms with Crippen molar-refractivity contribution in [3.63, 3.8) is 0 Å². The van der Waals surface area contributed by atoms with Crippen LogP contribution in [0.2, 0.25) is 5.02 Å². The van der Waals surface area contributed by atoms with E-state index in [1.807, 2.05) is 13.0 Å². The van der Waals surface area contributed by atoms with E-state index >= 15 is 0 Å². The van der Waals surface area contributed by atoms with Gasteiger partial charge in [-0.25, -0.2) is 0 Å². The van der Waals surface area contributed by atoms with Crippen LogP contribution in [-0.2, 0) is 4.79 Å². The number of benzene rings is 1. The summed E-state index contributed by atoms with van der Waals surface area (Å²) >= 11 is 5.96. The summed E-state index contributed by atoms with van der Waals surface area (Å²) in [6, 6.07) is 8.44. The van der Waals surface area contributed by atoms with Gasteiger partial charge in [-0.2, -0.15) is 0 Å². The zero-order valence-electron chi connectivity index (χ0n) is 12.1. The lowest BCUT2D eigenvalue weighted by molar-refractivity contribution is -0.134. The van der Waals surface area contributed by atoms with E-state index < -0.39 is 0 Å². The normalized spacial score (nSPS) is 10.3. The molecule has 1 heterocycles. The van der Waals surface area contributed by atoms with Gasteiger partial charge in [0.15, 0.2) is 5.76 Å². The molecule has 0 fully saturated rings. The number of aryl methyl sites for hydroxylation is 1. The predicted molar refractivity (Wildman–Crippen MR) is 82.1 cm³/mol. The van der Waals surface area contributed by atoms with Gasteiger partial charge >= 0.3 is 5.97 Å². The van der Waals surface area contributed by atoms with Gasteiger partial charge < -0.3 is 14.5 Å². The van der Waals surface area contributed by atoms with Crippen molar-refractivity contribution in [2.45, 2.75) is 19.8 Å². The second-order valence-corrected chi connectivity index (χ2v) is 5.15. The van der Waals surface area contributed by atoms with Gasteiger partial charge in [-0.1, -0.05) is 17.7 Å². The Morgan fingerprint density at radius 2 is 2.14 bits per heavy atom. The molecule has 5 nitrogen and oxygen atoms in total. The lowest BCUT2D eigenvalue weighted by atomic mass is 10.2. The topological polar surface area (TPSA) is 68.5 Å². The number of rotatable bonds is 6. The van der Waals surface area contributed by atoms with Crippen molar-refractivity contribution in [2.24, 2.45) is 0 Å². The van der Waals surface area contributed by atoms with Crippen molar-refractivity contribution >= 4 is 23.5 Å². The number of amides is 1. The van der Waals surface area contributed by atoms with Gasteiger partial charge in [0, 0.05) is 13.0 Å². The van der Waals surface area contributed by atoms with Crippen molar-refractivity contribution in [1.29, 1.82) is 0 Å². The van der Waals surface area contributed by atoms with Gasteiger partial charge in [0.05, 0.1) is 11.3 Å². The van der Waals surface area contributed by atoms with Gasteiger partial charge in [0.25, 0.3) is 5.91 Å². The molecule has 0 unspecified atom stereocenters. The Hall–Kier alpha value is -2.27. The van der Waals surface area contributed by atoms with Crippen molar-refractivity contribution in [3.05, 3.63) is 52.9 Å². The number of esters is 1. The van der Waals surface area contributed by atoms with Crippen LogP contribution in [0.3, 0.4) is 0 Å². The third-order valence-corrected chi connectivity index (χ3v) is 3.21. The second kappa shape index (κ2) is 7.66. The molecule has 0 bridgehead atoms. The fourth-order valence-corrected chi connectivity index (χ4v) is 1.95. The number of carbonyl (C=O) groups excluding carboxylic acids is 2. The van der Waals surface area contributed by atoms with E-state index in [9.17, 15) is 9.59 Å². The first-order valence-corrected chi connectivity index (χ1v) is 7.22. The van der Waals surface area contributed by atoms with Crippen molar-refractivity contribution in [3.8, 4) is 5.75 Å². The molecule has 0 saturated heterocycles. The minimum absolute atomic E-state index is 0.183. The molecule has 0 saturated carbocycles. The van der Waals surface area contributed by atoms with Crippen LogP contribution >= 0.6 is 11.6 Å². The predicted octanol–water partition coefficient (Wildman–Crippen LogP) is 3.36. The highest BCUT2D eigenvalue weighted by atomic mass is 35.5. The number of hydrogen-bond donors (Lipinski definition) is 1. The molecule has 22 heavy (non-hydrogen) atoms. The van der Waals surface area contributed by atoms with Gasteiger partial charge in [0.1, 0.15) is 5.75 Å². The highest BCUT2D eigenvalue weighted by molar-refractivity contribution is 6.32. The minimum Gasteiger partial charge on any atom is -0.459 e. The van der Waals surface area contributed by atoms with E-state index in [-0.39, 0.29) is 24.1 Å². The molecule has 0 atom stereocenters. The van der Waals surface area contributed by atoms with Crippen LogP contribution in [0.25, 0.3) is 0 Å². The zero-order chi connectivity index (χ0) is 15.9. The van der Waals surface area contributed by atoms with Crippen LogP contribution in [0.5, 0.6) is 5.75 Å². The molecule has 0 aliphatic heterocycles. The highest BCUT2D eigenvalue weighted by Crippen LogP contribution is 2.25. The molecule has 0 spiro atoms. The van der Waals surface area contributed by atoms with Crippen LogP contribution in [-0.4, -0.2) is 18.4 Å². The van der Waals surface area contributed by atoms with Crippen molar-refractivity contribution in [1.82, 2.24) is 5.32 Å². The smallest absolute Gasteiger partial charge is 0.311 e. The molecule has 1 aromatic heterocycles. The summed E-state index contributed by atoms with van der Waals surface area (Å²) < 4.78 is 10.2. The van der Waals surface area contributed by atoms with E-state index in [2.05, 4.69) is 5.32 Å². The number of hydrogen-bond acceptors (Lipinski definition) is 4. The molecule has 0 radical (unpaired) electrons. The molecule has 0 aliphatic carbocycles. The second-order valence-electron chi connectivity index (χ2n) is 4.74. The summed E-state index contributed by atoms with van der Waals surface area (Å²) in [5.41, 5.74) is 0.956. The summed E-state index contributed by atoms with van der Waals surface area (Å²) in [5.74, 6) is -0.0970. The quantitative estimate of drug-likeness (QED) is 0.503. The van der Waals surface area contributed by atoms with E-state index in [0.717, 1.165) is 5.56 Å². The van der Waals surface area contributed by atoms with Gasteiger partial charge in [-0.15, -0.1) is 0 Å². The molecule has 1 amide bonds. The maximum atomic E-state index is 11.7. The van der Waals surface area contributed by atoms with Crippen LogP contribution in [0.4, 0.5) is 0 Å². The molecule has 2 rings (SSSR count). The maximum absolute atomic E-state index is 11.7. The van der Waals surface area contributed by atoms with Gasteiger partial charge in [0.2, 0.25) is 0 Å². The average Bonchev–Trinajstić information content (AvgIpc) is 3.01. The van der Waals surface area contributed by atoms with Crippen molar-refractivity contribution < 1.29 is 18.7 Å². The van der Waals surface area contributed by atoms with Crippen molar-refractivity contribution in [2.75, 3.05) is 6.54 Å². The highest BCUT2D eigenvalue weighted by Gasteiger charge is 2.10. The Bertz CT molecular complexity index is 652. The third kappa shape index (κ3) is 4.63. The Morgan fingerprint density at radius 3 is 2.86 bits per heavy atom. The summed E-state index contributed by atoms with van der Waals surface area (Å²) in [4.78, 5) is 23.3. The first-order chi connectivity index (χ1) is 10.6. The van der Waals surface area contributed by atoms with E-state index in [1.54, 1.807) is 24.3 Å². The fourth-order valence-electron chi connectivity index (χ4n) is 1.79. The molecule has 1 N–H and O–H groups in total. The SMILES string of the molecule is Cc1ccc(Cl)c(OC(=O)CCCNC(=O)c2ccco2)c1. The maximum Gasteiger partial charge on any atom is 0.311 e. The number of halogens is 1. The summed E-state index contributed by atoms with van der Waals surface area (Å²) in [6.45, 7) is 2.24. The Kier molecular flexibility index (Phi) is 5.61. The molecular weight excluding hydrogens is 306 g/mol.